The summed E-state index contributed by atoms with van der Waals surface area (Å²) in [5.74, 6) is 0. The van der Waals surface area contributed by atoms with Crippen molar-refractivity contribution < 1.29 is 0 Å². The van der Waals surface area contributed by atoms with E-state index in [1.807, 2.05) is 19.1 Å². The summed E-state index contributed by atoms with van der Waals surface area (Å²) >= 11 is 11.4. The molecule has 0 saturated heterocycles. The first-order chi connectivity index (χ1) is 4.20. The quantitative estimate of drug-likeness (QED) is 0.648. The molecule has 0 unspecified atom stereocenters. The second-order valence-electron chi connectivity index (χ2n) is 1.89. The van der Waals surface area contributed by atoms with E-state index < -0.39 is 0 Å². The standard InChI is InChI=1S/C7H6Cl2.H3N/c1-5-2-3-6(8)4-7(5)9;/h2-4H,1H3;1H3. The van der Waals surface area contributed by atoms with Crippen molar-refractivity contribution in [3.63, 3.8) is 0 Å². The molecule has 3 N–H and O–H groups in total. The van der Waals surface area contributed by atoms with Crippen molar-refractivity contribution in [2.45, 2.75) is 6.92 Å². The highest BCUT2D eigenvalue weighted by atomic mass is 35.5. The highest BCUT2D eigenvalue weighted by Gasteiger charge is 1.92. The molecule has 0 radical (unpaired) electrons. The van der Waals surface area contributed by atoms with Crippen LogP contribution in [0.25, 0.3) is 0 Å². The third-order valence-corrected chi connectivity index (χ3v) is 1.78. The summed E-state index contributed by atoms with van der Waals surface area (Å²) in [6.45, 7) is 1.94. The maximum absolute atomic E-state index is 5.73. The van der Waals surface area contributed by atoms with Crippen LogP contribution in [0.3, 0.4) is 0 Å². The SMILES string of the molecule is Cc1ccc(Cl)cc1Cl.N. The molecule has 1 nitrogen and oxygen atoms in total. The number of hydrogen-bond acceptors (Lipinski definition) is 1. The van der Waals surface area contributed by atoms with Gasteiger partial charge in [-0.05, 0) is 24.6 Å². The molecule has 0 aromatic heterocycles. The van der Waals surface area contributed by atoms with Gasteiger partial charge in [-0.1, -0.05) is 29.3 Å². The molecule has 1 rings (SSSR count). The van der Waals surface area contributed by atoms with Crippen LogP contribution in [-0.4, -0.2) is 0 Å². The minimum Gasteiger partial charge on any atom is -0.344 e. The van der Waals surface area contributed by atoms with Gasteiger partial charge in [0, 0.05) is 10.0 Å². The summed E-state index contributed by atoms with van der Waals surface area (Å²) in [4.78, 5) is 0. The van der Waals surface area contributed by atoms with Crippen LogP contribution in [0.5, 0.6) is 0 Å². The largest absolute Gasteiger partial charge is 0.344 e. The summed E-state index contributed by atoms with van der Waals surface area (Å²) in [5.41, 5.74) is 1.06. The van der Waals surface area contributed by atoms with E-state index in [0.717, 1.165) is 10.6 Å². The van der Waals surface area contributed by atoms with Gasteiger partial charge in [0.15, 0.2) is 0 Å². The highest BCUT2D eigenvalue weighted by Crippen LogP contribution is 2.19. The van der Waals surface area contributed by atoms with Gasteiger partial charge in [-0.3, -0.25) is 0 Å². The average Bonchev–Trinajstić information content (AvgIpc) is 1.80. The topological polar surface area (TPSA) is 35.0 Å². The fourth-order valence-electron chi connectivity index (χ4n) is 0.567. The predicted molar refractivity (Wildman–Crippen MR) is 46.2 cm³/mol. The Balaban J connectivity index is 0.000000810. The molecule has 1 aromatic rings. The van der Waals surface area contributed by atoms with Crippen LogP contribution in [0.4, 0.5) is 0 Å². The first kappa shape index (κ1) is 9.76. The summed E-state index contributed by atoms with van der Waals surface area (Å²) in [5, 5.41) is 1.41. The van der Waals surface area contributed by atoms with Gasteiger partial charge in [0.25, 0.3) is 0 Å². The molecule has 0 heterocycles. The second kappa shape index (κ2) is 3.81. The van der Waals surface area contributed by atoms with Gasteiger partial charge in [-0.15, -0.1) is 0 Å². The molecular weight excluding hydrogens is 169 g/mol. The Labute approximate surface area is 70.5 Å². The van der Waals surface area contributed by atoms with Crippen LogP contribution < -0.4 is 6.15 Å². The third kappa shape index (κ3) is 2.18. The molecule has 0 aliphatic rings. The summed E-state index contributed by atoms with van der Waals surface area (Å²) in [6.07, 6.45) is 0. The normalized spacial score (nSPS) is 8.70. The van der Waals surface area contributed by atoms with Gasteiger partial charge < -0.3 is 6.15 Å². The van der Waals surface area contributed by atoms with E-state index in [1.165, 1.54) is 0 Å². The van der Waals surface area contributed by atoms with Gasteiger partial charge >= 0.3 is 0 Å². The van der Waals surface area contributed by atoms with Crippen LogP contribution in [0.2, 0.25) is 10.0 Å². The van der Waals surface area contributed by atoms with Crippen molar-refractivity contribution in [1.82, 2.24) is 6.15 Å². The van der Waals surface area contributed by atoms with E-state index in [4.69, 9.17) is 23.2 Å². The Hall–Kier alpha value is -0.240. The minimum atomic E-state index is 0. The lowest BCUT2D eigenvalue weighted by atomic mass is 10.2. The van der Waals surface area contributed by atoms with Crippen molar-refractivity contribution >= 4 is 23.2 Å². The second-order valence-corrected chi connectivity index (χ2v) is 2.74. The fraction of sp³-hybridized carbons (Fsp3) is 0.143. The zero-order chi connectivity index (χ0) is 6.85. The van der Waals surface area contributed by atoms with Crippen molar-refractivity contribution in [2.75, 3.05) is 0 Å². The lowest BCUT2D eigenvalue weighted by molar-refractivity contribution is 1.47. The molecule has 0 bridgehead atoms. The Morgan fingerprint density at radius 1 is 1.20 bits per heavy atom. The molecule has 0 saturated carbocycles. The van der Waals surface area contributed by atoms with Gasteiger partial charge in [-0.25, -0.2) is 0 Å². The lowest BCUT2D eigenvalue weighted by Crippen LogP contribution is -1.71. The molecule has 0 atom stereocenters. The zero-order valence-electron chi connectivity index (χ0n) is 5.70. The lowest BCUT2D eigenvalue weighted by Gasteiger charge is -1.94. The number of hydrogen-bond donors (Lipinski definition) is 1. The zero-order valence-corrected chi connectivity index (χ0v) is 7.21. The maximum atomic E-state index is 5.73. The Bertz CT molecular complexity index is 223. The van der Waals surface area contributed by atoms with Crippen LogP contribution in [-0.2, 0) is 0 Å². The van der Waals surface area contributed by atoms with Crippen molar-refractivity contribution in [3.8, 4) is 0 Å². The highest BCUT2D eigenvalue weighted by molar-refractivity contribution is 6.35. The van der Waals surface area contributed by atoms with E-state index in [9.17, 15) is 0 Å². The van der Waals surface area contributed by atoms with Gasteiger partial charge in [0.1, 0.15) is 0 Å². The number of aryl methyl sites for hydroxylation is 1. The molecule has 0 fully saturated rings. The summed E-state index contributed by atoms with van der Waals surface area (Å²) in [7, 11) is 0. The Morgan fingerprint density at radius 2 is 1.80 bits per heavy atom. The molecular formula is C7H9Cl2N. The number of benzene rings is 1. The molecule has 0 spiro atoms. The molecule has 3 heteroatoms. The van der Waals surface area contributed by atoms with Crippen molar-refractivity contribution in [1.29, 1.82) is 0 Å². The van der Waals surface area contributed by atoms with E-state index in [1.54, 1.807) is 6.07 Å². The van der Waals surface area contributed by atoms with Crippen molar-refractivity contribution in [3.05, 3.63) is 33.8 Å². The van der Waals surface area contributed by atoms with Crippen LogP contribution in [0.15, 0.2) is 18.2 Å². The first-order valence-electron chi connectivity index (χ1n) is 2.62. The molecule has 1 aromatic carbocycles. The average molecular weight is 178 g/mol. The first-order valence-corrected chi connectivity index (χ1v) is 3.37. The van der Waals surface area contributed by atoms with E-state index >= 15 is 0 Å². The third-order valence-electron chi connectivity index (χ3n) is 1.13. The van der Waals surface area contributed by atoms with Crippen LogP contribution >= 0.6 is 23.2 Å². The molecule has 0 aliphatic heterocycles. The minimum absolute atomic E-state index is 0. The molecule has 0 amide bonds. The van der Waals surface area contributed by atoms with E-state index in [0.29, 0.717) is 5.02 Å². The smallest absolute Gasteiger partial charge is 0.0449 e. The van der Waals surface area contributed by atoms with Gasteiger partial charge in [-0.2, -0.15) is 0 Å². The number of rotatable bonds is 0. The van der Waals surface area contributed by atoms with Gasteiger partial charge in [0.05, 0.1) is 0 Å². The summed E-state index contributed by atoms with van der Waals surface area (Å²) < 4.78 is 0. The molecule has 56 valence electrons. The van der Waals surface area contributed by atoms with Gasteiger partial charge in [0.2, 0.25) is 0 Å². The van der Waals surface area contributed by atoms with E-state index in [-0.39, 0.29) is 6.15 Å². The van der Waals surface area contributed by atoms with Crippen LogP contribution in [0.1, 0.15) is 5.56 Å². The molecule has 0 aliphatic carbocycles. The van der Waals surface area contributed by atoms with Crippen LogP contribution in [0, 0.1) is 6.92 Å². The monoisotopic (exact) mass is 177 g/mol. The molecule has 10 heavy (non-hydrogen) atoms. The Morgan fingerprint density at radius 3 is 2.20 bits per heavy atom. The summed E-state index contributed by atoms with van der Waals surface area (Å²) in [6, 6.07) is 5.45. The fourth-order valence-corrected chi connectivity index (χ4v) is 0.976. The van der Waals surface area contributed by atoms with E-state index in [2.05, 4.69) is 0 Å². The van der Waals surface area contributed by atoms with Crippen molar-refractivity contribution in [2.24, 2.45) is 0 Å². The maximum Gasteiger partial charge on any atom is 0.0449 e. The predicted octanol–water partition coefficient (Wildman–Crippen LogP) is 3.46. The number of halogens is 2. The Kier molecular flexibility index (Phi) is 3.72.